The van der Waals surface area contributed by atoms with Crippen LogP contribution in [0.15, 0.2) is 0 Å². The van der Waals surface area contributed by atoms with Gasteiger partial charge in [-0.15, -0.1) is 0 Å². The first kappa shape index (κ1) is 15.9. The molecule has 0 aromatic carbocycles. The summed E-state index contributed by atoms with van der Waals surface area (Å²) in [6.45, 7) is 7.88. The van der Waals surface area contributed by atoms with Gasteiger partial charge in [0, 0.05) is 26.2 Å². The molecule has 1 rings (SSSR count). The predicted molar refractivity (Wildman–Crippen MR) is 78.0 cm³/mol. The van der Waals surface area contributed by atoms with E-state index in [9.17, 15) is 0 Å². The maximum absolute atomic E-state index is 5.34. The average molecular weight is 256 g/mol. The summed E-state index contributed by atoms with van der Waals surface area (Å²) in [5, 5.41) is 7.05. The van der Waals surface area contributed by atoms with E-state index < -0.39 is 0 Å². The highest BCUT2D eigenvalue weighted by Gasteiger charge is 2.22. The third kappa shape index (κ3) is 7.34. The summed E-state index contributed by atoms with van der Waals surface area (Å²) in [6.07, 6.45) is 8.45. The molecule has 1 aliphatic heterocycles. The van der Waals surface area contributed by atoms with Crippen molar-refractivity contribution in [2.24, 2.45) is 5.92 Å². The van der Waals surface area contributed by atoms with Crippen LogP contribution < -0.4 is 10.6 Å². The third-order valence-electron chi connectivity index (χ3n) is 3.79. The highest BCUT2D eigenvalue weighted by atomic mass is 16.5. The number of ether oxygens (including phenoxy) is 1. The molecule has 0 amide bonds. The van der Waals surface area contributed by atoms with Crippen LogP contribution in [0, 0.1) is 5.92 Å². The molecule has 1 heterocycles. The Labute approximate surface area is 113 Å². The van der Waals surface area contributed by atoms with Gasteiger partial charge in [0.05, 0.1) is 6.10 Å². The third-order valence-corrected chi connectivity index (χ3v) is 3.79. The molecule has 1 saturated heterocycles. The van der Waals surface area contributed by atoms with Crippen molar-refractivity contribution in [2.75, 3.05) is 26.7 Å². The van der Waals surface area contributed by atoms with Crippen molar-refractivity contribution in [3.05, 3.63) is 0 Å². The molecule has 2 N–H and O–H groups in total. The van der Waals surface area contributed by atoms with Gasteiger partial charge in [-0.2, -0.15) is 0 Å². The molecule has 0 saturated carbocycles. The van der Waals surface area contributed by atoms with Crippen LogP contribution in [0.4, 0.5) is 0 Å². The van der Waals surface area contributed by atoms with Gasteiger partial charge >= 0.3 is 0 Å². The zero-order valence-electron chi connectivity index (χ0n) is 12.5. The number of rotatable bonds is 10. The van der Waals surface area contributed by atoms with Crippen molar-refractivity contribution in [3.8, 4) is 0 Å². The van der Waals surface area contributed by atoms with E-state index in [1.807, 2.05) is 0 Å². The quantitative estimate of drug-likeness (QED) is 0.589. The van der Waals surface area contributed by atoms with E-state index in [1.54, 1.807) is 7.11 Å². The average Bonchev–Trinajstić information content (AvgIpc) is 2.80. The minimum absolute atomic E-state index is 0.424. The van der Waals surface area contributed by atoms with Crippen molar-refractivity contribution in [2.45, 2.75) is 64.5 Å². The van der Waals surface area contributed by atoms with E-state index in [4.69, 9.17) is 4.74 Å². The van der Waals surface area contributed by atoms with E-state index in [2.05, 4.69) is 24.5 Å². The van der Waals surface area contributed by atoms with Crippen molar-refractivity contribution in [1.82, 2.24) is 10.6 Å². The van der Waals surface area contributed by atoms with Gasteiger partial charge in [0.25, 0.3) is 0 Å². The van der Waals surface area contributed by atoms with E-state index >= 15 is 0 Å². The first-order valence-electron chi connectivity index (χ1n) is 7.69. The fraction of sp³-hybridized carbons (Fsp3) is 1.00. The van der Waals surface area contributed by atoms with Crippen LogP contribution in [0.5, 0.6) is 0 Å². The van der Waals surface area contributed by atoms with Gasteiger partial charge in [-0.25, -0.2) is 0 Å². The lowest BCUT2D eigenvalue weighted by molar-refractivity contribution is 0.117. The van der Waals surface area contributed by atoms with Gasteiger partial charge in [0.15, 0.2) is 0 Å². The van der Waals surface area contributed by atoms with Crippen LogP contribution in [0.2, 0.25) is 0 Å². The second kappa shape index (κ2) is 9.76. The lowest BCUT2D eigenvalue weighted by Crippen LogP contribution is -2.34. The fourth-order valence-electron chi connectivity index (χ4n) is 2.55. The van der Waals surface area contributed by atoms with E-state index in [0.717, 1.165) is 32.0 Å². The molecule has 18 heavy (non-hydrogen) atoms. The summed E-state index contributed by atoms with van der Waals surface area (Å²) in [4.78, 5) is 0. The maximum Gasteiger partial charge on any atom is 0.0711 e. The van der Waals surface area contributed by atoms with Gasteiger partial charge in [0.1, 0.15) is 0 Å². The first-order valence-corrected chi connectivity index (χ1v) is 7.69. The van der Waals surface area contributed by atoms with Gasteiger partial charge in [-0.05, 0) is 25.3 Å². The minimum atomic E-state index is 0.424. The lowest BCUT2D eigenvalue weighted by Gasteiger charge is -2.11. The molecule has 1 aliphatic rings. The highest BCUT2D eigenvalue weighted by molar-refractivity contribution is 4.83. The Morgan fingerprint density at radius 3 is 2.67 bits per heavy atom. The highest BCUT2D eigenvalue weighted by Crippen LogP contribution is 2.10. The number of hydrogen-bond donors (Lipinski definition) is 2. The van der Waals surface area contributed by atoms with E-state index in [0.29, 0.717) is 12.1 Å². The molecule has 0 aromatic heterocycles. The van der Waals surface area contributed by atoms with Gasteiger partial charge in [-0.1, -0.05) is 39.5 Å². The molecule has 3 nitrogen and oxygen atoms in total. The van der Waals surface area contributed by atoms with Gasteiger partial charge in [0.2, 0.25) is 0 Å². The Hall–Kier alpha value is -0.120. The molecule has 2 unspecified atom stereocenters. The summed E-state index contributed by atoms with van der Waals surface area (Å²) in [5.41, 5.74) is 0. The standard InChI is InChI=1S/C15H32N2O/c1-13(2)8-6-4-5-7-9-16-11-14-10-15(18-3)12-17-14/h13-17H,4-12H2,1-3H3. The van der Waals surface area contributed by atoms with Gasteiger partial charge in [-0.3, -0.25) is 0 Å². The SMILES string of the molecule is COC1CNC(CNCCCCCCC(C)C)C1. The first-order chi connectivity index (χ1) is 8.72. The second-order valence-electron chi connectivity index (χ2n) is 6.00. The molecule has 3 heteroatoms. The Morgan fingerprint density at radius 1 is 1.22 bits per heavy atom. The van der Waals surface area contributed by atoms with E-state index in [1.165, 1.54) is 32.1 Å². The monoisotopic (exact) mass is 256 g/mol. The van der Waals surface area contributed by atoms with Crippen molar-refractivity contribution >= 4 is 0 Å². The summed E-state index contributed by atoms with van der Waals surface area (Å²) in [5.74, 6) is 0.866. The Morgan fingerprint density at radius 2 is 2.00 bits per heavy atom. The topological polar surface area (TPSA) is 33.3 Å². The van der Waals surface area contributed by atoms with Crippen molar-refractivity contribution in [3.63, 3.8) is 0 Å². The molecule has 0 radical (unpaired) electrons. The molecular formula is C15H32N2O. The molecular weight excluding hydrogens is 224 g/mol. The van der Waals surface area contributed by atoms with Crippen LogP contribution in [0.1, 0.15) is 52.4 Å². The number of unbranched alkanes of at least 4 members (excludes halogenated alkanes) is 3. The van der Waals surface area contributed by atoms with Crippen LogP contribution in [0.25, 0.3) is 0 Å². The summed E-state index contributed by atoms with van der Waals surface area (Å²) >= 11 is 0. The number of nitrogens with one attached hydrogen (secondary N) is 2. The molecule has 0 spiro atoms. The Kier molecular flexibility index (Phi) is 8.64. The number of methoxy groups -OCH3 is 1. The minimum Gasteiger partial charge on any atom is -0.380 e. The summed E-state index contributed by atoms with van der Waals surface area (Å²) in [7, 11) is 1.80. The van der Waals surface area contributed by atoms with Crippen LogP contribution in [0.3, 0.4) is 0 Å². The molecule has 108 valence electrons. The van der Waals surface area contributed by atoms with Crippen molar-refractivity contribution in [1.29, 1.82) is 0 Å². The molecule has 0 aromatic rings. The maximum atomic E-state index is 5.34. The molecule has 0 aliphatic carbocycles. The summed E-state index contributed by atoms with van der Waals surface area (Å²) < 4.78 is 5.34. The zero-order chi connectivity index (χ0) is 13.2. The van der Waals surface area contributed by atoms with Crippen LogP contribution in [-0.2, 0) is 4.74 Å². The zero-order valence-corrected chi connectivity index (χ0v) is 12.5. The smallest absolute Gasteiger partial charge is 0.0711 e. The Balaban J connectivity index is 1.82. The lowest BCUT2D eigenvalue weighted by atomic mass is 10.0. The normalized spacial score (nSPS) is 24.0. The molecule has 0 bridgehead atoms. The fourth-order valence-corrected chi connectivity index (χ4v) is 2.55. The summed E-state index contributed by atoms with van der Waals surface area (Å²) in [6, 6.07) is 0.607. The molecule has 1 fully saturated rings. The Bertz CT molecular complexity index is 197. The van der Waals surface area contributed by atoms with Crippen LogP contribution in [-0.4, -0.2) is 38.9 Å². The largest absolute Gasteiger partial charge is 0.380 e. The number of hydrogen-bond acceptors (Lipinski definition) is 3. The van der Waals surface area contributed by atoms with Crippen molar-refractivity contribution < 1.29 is 4.74 Å². The van der Waals surface area contributed by atoms with Gasteiger partial charge < -0.3 is 15.4 Å². The second-order valence-corrected chi connectivity index (χ2v) is 6.00. The van der Waals surface area contributed by atoms with Crippen LogP contribution >= 0.6 is 0 Å². The molecule has 2 atom stereocenters. The van der Waals surface area contributed by atoms with E-state index in [-0.39, 0.29) is 0 Å². The predicted octanol–water partition coefficient (Wildman–Crippen LogP) is 2.56.